The van der Waals surface area contributed by atoms with E-state index in [0.717, 1.165) is 24.5 Å². The smallest absolute Gasteiger partial charge is 0.192 e. The number of hydrogen-bond acceptors (Lipinski definition) is 3. The van der Waals surface area contributed by atoms with E-state index in [1.807, 2.05) is 0 Å². The number of rotatable bonds is 3. The van der Waals surface area contributed by atoms with Gasteiger partial charge < -0.3 is 10.6 Å². The highest BCUT2D eigenvalue weighted by Crippen LogP contribution is 2.45. The number of guanidine groups is 1. The molecule has 0 aromatic heterocycles. The third kappa shape index (κ3) is 1.94. The lowest BCUT2D eigenvalue weighted by Crippen LogP contribution is -2.54. The number of aliphatic imine (C=N–C) groups is 1. The molecule has 1 aliphatic heterocycles. The highest BCUT2D eigenvalue weighted by molar-refractivity contribution is 5.81. The Hall–Kier alpha value is -0.730. The minimum atomic E-state index is 0.329. The predicted octanol–water partition coefficient (Wildman–Crippen LogP) is 2.51. The van der Waals surface area contributed by atoms with Crippen molar-refractivity contribution in [3.63, 3.8) is 0 Å². The van der Waals surface area contributed by atoms with Crippen LogP contribution in [-0.2, 0) is 0 Å². The van der Waals surface area contributed by atoms with Crippen LogP contribution in [0.25, 0.3) is 0 Å². The van der Waals surface area contributed by atoms with Crippen molar-refractivity contribution in [1.29, 1.82) is 0 Å². The van der Waals surface area contributed by atoms with Crippen LogP contribution in [0.1, 0.15) is 58.3 Å². The Labute approximate surface area is 104 Å². The molecule has 2 saturated carbocycles. The second kappa shape index (κ2) is 4.18. The van der Waals surface area contributed by atoms with E-state index in [2.05, 4.69) is 16.8 Å². The van der Waals surface area contributed by atoms with Gasteiger partial charge in [-0.05, 0) is 44.4 Å². The third-order valence-electron chi connectivity index (χ3n) is 4.94. The molecule has 0 atom stereocenters. The van der Waals surface area contributed by atoms with Crippen LogP contribution in [0.4, 0.5) is 0 Å². The Morgan fingerprint density at radius 2 is 2.00 bits per heavy atom. The summed E-state index contributed by atoms with van der Waals surface area (Å²) >= 11 is 0. The fraction of sp³-hybridized carbons (Fsp3) is 0.929. The molecule has 0 aromatic carbocycles. The number of nitrogens with zero attached hydrogens (tertiary/aromatic N) is 2. The van der Waals surface area contributed by atoms with Gasteiger partial charge in [-0.25, -0.2) is 0 Å². The Kier molecular flexibility index (Phi) is 2.80. The molecular formula is C14H25N3. The average Bonchev–Trinajstić information content (AvgIpc) is 3.10. The number of hydrogen-bond donors (Lipinski definition) is 1. The van der Waals surface area contributed by atoms with Gasteiger partial charge in [0.2, 0.25) is 0 Å². The van der Waals surface area contributed by atoms with Crippen molar-refractivity contribution in [3.8, 4) is 0 Å². The van der Waals surface area contributed by atoms with E-state index < -0.39 is 0 Å². The van der Waals surface area contributed by atoms with Crippen molar-refractivity contribution in [2.24, 2.45) is 16.6 Å². The van der Waals surface area contributed by atoms with Crippen LogP contribution in [-0.4, -0.2) is 29.0 Å². The third-order valence-corrected chi connectivity index (χ3v) is 4.94. The van der Waals surface area contributed by atoms with Crippen LogP contribution in [0.5, 0.6) is 0 Å². The second-order valence-corrected chi connectivity index (χ2v) is 6.23. The van der Waals surface area contributed by atoms with E-state index in [9.17, 15) is 0 Å². The van der Waals surface area contributed by atoms with Gasteiger partial charge in [-0.3, -0.25) is 4.99 Å². The number of nitrogens with two attached hydrogens (primary N) is 1. The molecule has 1 heterocycles. The van der Waals surface area contributed by atoms with Crippen LogP contribution < -0.4 is 5.73 Å². The Morgan fingerprint density at radius 1 is 1.29 bits per heavy atom. The van der Waals surface area contributed by atoms with Gasteiger partial charge in [0.05, 0.1) is 12.1 Å². The van der Waals surface area contributed by atoms with Crippen molar-refractivity contribution in [1.82, 2.24) is 4.90 Å². The molecule has 3 nitrogen and oxygen atoms in total. The van der Waals surface area contributed by atoms with Crippen molar-refractivity contribution in [2.75, 3.05) is 6.54 Å². The van der Waals surface area contributed by atoms with Crippen LogP contribution in [0.15, 0.2) is 4.99 Å². The molecule has 0 saturated heterocycles. The zero-order valence-electron chi connectivity index (χ0n) is 11.0. The maximum Gasteiger partial charge on any atom is 0.192 e. The summed E-state index contributed by atoms with van der Waals surface area (Å²) in [7, 11) is 0. The monoisotopic (exact) mass is 235 g/mol. The Morgan fingerprint density at radius 3 is 2.59 bits per heavy atom. The normalized spacial score (nSPS) is 37.6. The molecule has 3 rings (SSSR count). The Bertz CT molecular complexity index is 311. The molecule has 96 valence electrons. The molecule has 0 radical (unpaired) electrons. The van der Waals surface area contributed by atoms with E-state index in [1.165, 1.54) is 51.4 Å². The second-order valence-electron chi connectivity index (χ2n) is 6.23. The van der Waals surface area contributed by atoms with Crippen molar-refractivity contribution >= 4 is 5.96 Å². The fourth-order valence-electron chi connectivity index (χ4n) is 3.84. The van der Waals surface area contributed by atoms with Crippen LogP contribution >= 0.6 is 0 Å². The lowest BCUT2D eigenvalue weighted by atomic mass is 9.74. The summed E-state index contributed by atoms with van der Waals surface area (Å²) in [5.41, 5.74) is 6.42. The fourth-order valence-corrected chi connectivity index (χ4v) is 3.84. The van der Waals surface area contributed by atoms with Gasteiger partial charge in [0.1, 0.15) is 0 Å². The first kappa shape index (κ1) is 11.4. The summed E-state index contributed by atoms with van der Waals surface area (Å²) in [5.74, 6) is 1.80. The molecule has 2 N–H and O–H groups in total. The largest absolute Gasteiger partial charge is 0.370 e. The van der Waals surface area contributed by atoms with Crippen LogP contribution in [0.2, 0.25) is 0 Å². The molecule has 0 aromatic rings. The summed E-state index contributed by atoms with van der Waals surface area (Å²) in [5, 5.41) is 0. The molecule has 2 fully saturated rings. The molecule has 1 spiro atoms. The summed E-state index contributed by atoms with van der Waals surface area (Å²) < 4.78 is 0. The first-order valence-corrected chi connectivity index (χ1v) is 7.34. The first-order valence-electron chi connectivity index (χ1n) is 7.34. The van der Waals surface area contributed by atoms with Crippen molar-refractivity contribution in [3.05, 3.63) is 0 Å². The molecular weight excluding hydrogens is 210 g/mol. The highest BCUT2D eigenvalue weighted by atomic mass is 15.4. The lowest BCUT2D eigenvalue weighted by molar-refractivity contribution is 0.108. The molecule has 0 amide bonds. The van der Waals surface area contributed by atoms with Gasteiger partial charge >= 0.3 is 0 Å². The van der Waals surface area contributed by atoms with Gasteiger partial charge in [0, 0.05) is 6.04 Å². The van der Waals surface area contributed by atoms with E-state index in [-0.39, 0.29) is 0 Å². The van der Waals surface area contributed by atoms with Gasteiger partial charge in [-0.15, -0.1) is 0 Å². The lowest BCUT2D eigenvalue weighted by Gasteiger charge is -2.44. The van der Waals surface area contributed by atoms with Gasteiger partial charge in [-0.2, -0.15) is 0 Å². The summed E-state index contributed by atoms with van der Waals surface area (Å²) in [6, 6.07) is 0.726. The van der Waals surface area contributed by atoms with E-state index in [1.54, 1.807) is 0 Å². The molecule has 3 aliphatic rings. The molecule has 3 heteroatoms. The van der Waals surface area contributed by atoms with Crippen LogP contribution in [0, 0.1) is 5.92 Å². The highest BCUT2D eigenvalue weighted by Gasteiger charge is 2.49. The first-order chi connectivity index (χ1) is 8.25. The summed E-state index contributed by atoms with van der Waals surface area (Å²) in [6.07, 6.45) is 10.8. The standard InChI is InChI=1S/C14H25N3/c1-2-3-11-6-8-14(9-7-11)10-16-13(15)17(14)12-4-5-12/h11-12H,2-10H2,1H3,(H2,15,16). The molecule has 0 bridgehead atoms. The Balaban J connectivity index is 1.67. The van der Waals surface area contributed by atoms with Crippen LogP contribution in [0.3, 0.4) is 0 Å². The summed E-state index contributed by atoms with van der Waals surface area (Å²) in [4.78, 5) is 7.04. The zero-order valence-corrected chi connectivity index (χ0v) is 11.0. The quantitative estimate of drug-likeness (QED) is 0.816. The van der Waals surface area contributed by atoms with Gasteiger partial charge in [0.15, 0.2) is 5.96 Å². The molecule has 17 heavy (non-hydrogen) atoms. The van der Waals surface area contributed by atoms with Crippen molar-refractivity contribution < 1.29 is 0 Å². The van der Waals surface area contributed by atoms with Gasteiger partial charge in [-0.1, -0.05) is 19.8 Å². The average molecular weight is 235 g/mol. The summed E-state index contributed by atoms with van der Waals surface area (Å²) in [6.45, 7) is 3.27. The SMILES string of the molecule is CCCC1CCC2(CC1)CN=C(N)N2C1CC1. The maximum atomic E-state index is 6.09. The van der Waals surface area contributed by atoms with E-state index >= 15 is 0 Å². The maximum absolute atomic E-state index is 6.09. The topological polar surface area (TPSA) is 41.6 Å². The minimum Gasteiger partial charge on any atom is -0.370 e. The van der Waals surface area contributed by atoms with E-state index in [4.69, 9.17) is 5.73 Å². The molecule has 2 aliphatic carbocycles. The predicted molar refractivity (Wildman–Crippen MR) is 70.9 cm³/mol. The minimum absolute atomic E-state index is 0.329. The van der Waals surface area contributed by atoms with Crippen molar-refractivity contribution in [2.45, 2.75) is 69.9 Å². The van der Waals surface area contributed by atoms with E-state index in [0.29, 0.717) is 5.54 Å². The molecule has 0 unspecified atom stereocenters. The van der Waals surface area contributed by atoms with Gasteiger partial charge in [0.25, 0.3) is 0 Å². The zero-order chi connectivity index (χ0) is 11.9.